The van der Waals surface area contributed by atoms with Crippen LogP contribution in [0.2, 0.25) is 0 Å². The number of halogens is 1. The van der Waals surface area contributed by atoms with Gasteiger partial charge in [0, 0.05) is 9.32 Å². The van der Waals surface area contributed by atoms with Crippen LogP contribution in [0.15, 0.2) is 65.1 Å². The van der Waals surface area contributed by atoms with Crippen LogP contribution in [0.5, 0.6) is 5.75 Å². The van der Waals surface area contributed by atoms with Crippen molar-refractivity contribution in [1.82, 2.24) is 9.55 Å². The molecule has 0 aliphatic carbocycles. The molecule has 1 heterocycles. The number of rotatable bonds is 5. The molecule has 0 radical (unpaired) electrons. The molecule has 0 unspecified atom stereocenters. The Hall–Kier alpha value is -1.80. The third-order valence-corrected chi connectivity index (χ3v) is 5.06. The lowest BCUT2D eigenvalue weighted by atomic mass is 10.2. The van der Waals surface area contributed by atoms with Crippen molar-refractivity contribution in [1.29, 1.82) is 0 Å². The molecule has 0 atom stereocenters. The van der Waals surface area contributed by atoms with E-state index in [0.717, 1.165) is 3.57 Å². The molecule has 1 aromatic heterocycles. The van der Waals surface area contributed by atoms with E-state index >= 15 is 0 Å². The number of methoxy groups -OCH3 is 1. The monoisotopic (exact) mass is 450 g/mol. The number of hydrogen-bond donors (Lipinski definition) is 0. The highest BCUT2D eigenvalue weighted by Gasteiger charge is 2.16. The maximum absolute atomic E-state index is 13.2. The van der Waals surface area contributed by atoms with Crippen LogP contribution in [0.1, 0.15) is 0 Å². The van der Waals surface area contributed by atoms with E-state index in [1.54, 1.807) is 17.8 Å². The van der Waals surface area contributed by atoms with Gasteiger partial charge in [-0.25, -0.2) is 4.98 Å². The summed E-state index contributed by atoms with van der Waals surface area (Å²) in [5.74, 6) is 1.30. The molecule has 4 nitrogen and oxygen atoms in total. The van der Waals surface area contributed by atoms with Crippen molar-refractivity contribution < 1.29 is 4.74 Å². The van der Waals surface area contributed by atoms with Crippen LogP contribution in [0, 0.1) is 3.57 Å². The second-order valence-corrected chi connectivity index (χ2v) is 7.20. The van der Waals surface area contributed by atoms with E-state index in [2.05, 4.69) is 34.2 Å². The molecule has 122 valence electrons. The Morgan fingerprint density at radius 2 is 2.12 bits per heavy atom. The van der Waals surface area contributed by atoms with Gasteiger partial charge in [0.25, 0.3) is 5.56 Å². The summed E-state index contributed by atoms with van der Waals surface area (Å²) in [5.41, 5.74) is 1.28. The van der Waals surface area contributed by atoms with Crippen molar-refractivity contribution >= 4 is 45.3 Å². The van der Waals surface area contributed by atoms with Crippen LogP contribution in [0.3, 0.4) is 0 Å². The van der Waals surface area contributed by atoms with Gasteiger partial charge in [0.15, 0.2) is 5.16 Å². The van der Waals surface area contributed by atoms with Gasteiger partial charge in [-0.2, -0.15) is 0 Å². The van der Waals surface area contributed by atoms with Crippen LogP contribution in [0.4, 0.5) is 0 Å². The van der Waals surface area contributed by atoms with Gasteiger partial charge in [-0.05, 0) is 52.9 Å². The molecule has 0 aliphatic rings. The Kier molecular flexibility index (Phi) is 5.25. The van der Waals surface area contributed by atoms with Gasteiger partial charge in [0.2, 0.25) is 0 Å². The largest absolute Gasteiger partial charge is 0.495 e. The smallest absolute Gasteiger partial charge is 0.266 e. The summed E-state index contributed by atoms with van der Waals surface area (Å²) < 4.78 is 8.05. The Morgan fingerprint density at radius 3 is 2.88 bits per heavy atom. The molecule has 3 aromatic rings. The third kappa shape index (κ3) is 3.21. The van der Waals surface area contributed by atoms with Gasteiger partial charge in [-0.1, -0.05) is 30.0 Å². The first kappa shape index (κ1) is 17.0. The quantitative estimate of drug-likeness (QED) is 0.252. The fourth-order valence-electron chi connectivity index (χ4n) is 2.39. The highest BCUT2D eigenvalue weighted by atomic mass is 127. The summed E-state index contributed by atoms with van der Waals surface area (Å²) in [6, 6.07) is 13.1. The maximum atomic E-state index is 13.2. The minimum absolute atomic E-state index is 0.102. The first-order valence-electron chi connectivity index (χ1n) is 7.25. The normalized spacial score (nSPS) is 10.8. The molecule has 0 bridgehead atoms. The van der Waals surface area contributed by atoms with Gasteiger partial charge in [0.05, 0.1) is 23.7 Å². The Labute approximate surface area is 157 Å². The zero-order chi connectivity index (χ0) is 17.1. The summed E-state index contributed by atoms with van der Waals surface area (Å²) >= 11 is 3.67. The Bertz CT molecular complexity index is 969. The average Bonchev–Trinajstić information content (AvgIpc) is 2.60. The molecule has 0 spiro atoms. The highest BCUT2D eigenvalue weighted by molar-refractivity contribution is 14.1. The summed E-state index contributed by atoms with van der Waals surface area (Å²) in [7, 11) is 1.60. The lowest BCUT2D eigenvalue weighted by Gasteiger charge is -2.15. The second kappa shape index (κ2) is 7.40. The number of aromatic nitrogens is 2. The predicted octanol–water partition coefficient (Wildman–Crippen LogP) is 4.28. The topological polar surface area (TPSA) is 44.1 Å². The molecule has 24 heavy (non-hydrogen) atoms. The first-order valence-corrected chi connectivity index (χ1v) is 9.31. The molecule has 0 aliphatic heterocycles. The van der Waals surface area contributed by atoms with Gasteiger partial charge in [-0.3, -0.25) is 9.36 Å². The van der Waals surface area contributed by atoms with E-state index in [4.69, 9.17) is 4.74 Å². The van der Waals surface area contributed by atoms with Crippen LogP contribution in [-0.2, 0) is 0 Å². The standard InChI is InChI=1S/C18H15IN2O2S/c1-3-10-24-18-20-14-9-8-12(19)11-13(14)17(22)21(18)15-6-4-5-7-16(15)23-2/h3-9,11H,1,10H2,2H3. The Balaban J connectivity index is 2.36. The molecule has 3 rings (SSSR count). The van der Waals surface area contributed by atoms with E-state index < -0.39 is 0 Å². The summed E-state index contributed by atoms with van der Waals surface area (Å²) in [6.45, 7) is 3.75. The third-order valence-electron chi connectivity index (χ3n) is 3.46. The molecule has 0 fully saturated rings. The molecule has 0 saturated heterocycles. The maximum Gasteiger partial charge on any atom is 0.266 e. The van der Waals surface area contributed by atoms with Gasteiger partial charge in [0.1, 0.15) is 5.75 Å². The second-order valence-electron chi connectivity index (χ2n) is 4.97. The number of hydrogen-bond acceptors (Lipinski definition) is 4. The van der Waals surface area contributed by atoms with Crippen molar-refractivity contribution in [2.24, 2.45) is 0 Å². The minimum atomic E-state index is -0.102. The van der Waals surface area contributed by atoms with Crippen LogP contribution in [-0.4, -0.2) is 22.4 Å². The van der Waals surface area contributed by atoms with E-state index in [1.165, 1.54) is 11.8 Å². The van der Waals surface area contributed by atoms with Crippen molar-refractivity contribution in [3.05, 3.63) is 69.0 Å². The van der Waals surface area contributed by atoms with E-state index in [9.17, 15) is 4.79 Å². The number of thioether (sulfide) groups is 1. The SMILES string of the molecule is C=CCSc1nc2ccc(I)cc2c(=O)n1-c1ccccc1OC. The molecule has 0 N–H and O–H groups in total. The molecule has 6 heteroatoms. The van der Waals surface area contributed by atoms with Crippen molar-refractivity contribution in [2.45, 2.75) is 5.16 Å². The minimum Gasteiger partial charge on any atom is -0.495 e. The van der Waals surface area contributed by atoms with E-state index in [0.29, 0.717) is 33.2 Å². The van der Waals surface area contributed by atoms with Gasteiger partial charge in [-0.15, -0.1) is 6.58 Å². The van der Waals surface area contributed by atoms with Crippen LogP contribution < -0.4 is 10.3 Å². The fraction of sp³-hybridized carbons (Fsp3) is 0.111. The zero-order valence-electron chi connectivity index (χ0n) is 13.0. The zero-order valence-corrected chi connectivity index (χ0v) is 16.0. The molecular weight excluding hydrogens is 435 g/mol. The average molecular weight is 450 g/mol. The molecule has 0 saturated carbocycles. The molecule has 0 amide bonds. The highest BCUT2D eigenvalue weighted by Crippen LogP contribution is 2.27. The lowest BCUT2D eigenvalue weighted by Crippen LogP contribution is -2.22. The van der Waals surface area contributed by atoms with E-state index in [-0.39, 0.29) is 5.56 Å². The number of benzene rings is 2. The van der Waals surface area contributed by atoms with Crippen LogP contribution >= 0.6 is 34.4 Å². The van der Waals surface area contributed by atoms with Gasteiger partial charge < -0.3 is 4.74 Å². The summed E-state index contributed by atoms with van der Waals surface area (Å²) in [5, 5.41) is 1.22. The predicted molar refractivity (Wildman–Crippen MR) is 108 cm³/mol. The first-order chi connectivity index (χ1) is 11.7. The number of para-hydroxylation sites is 2. The summed E-state index contributed by atoms with van der Waals surface area (Å²) in [6.07, 6.45) is 1.79. The number of ether oxygens (including phenoxy) is 1. The van der Waals surface area contributed by atoms with Crippen molar-refractivity contribution in [3.63, 3.8) is 0 Å². The number of fused-ring (bicyclic) bond motifs is 1. The van der Waals surface area contributed by atoms with E-state index in [1.807, 2.05) is 42.5 Å². The van der Waals surface area contributed by atoms with Crippen molar-refractivity contribution in [3.8, 4) is 11.4 Å². The summed E-state index contributed by atoms with van der Waals surface area (Å²) in [4.78, 5) is 17.8. The fourth-order valence-corrected chi connectivity index (χ4v) is 3.63. The van der Waals surface area contributed by atoms with Gasteiger partial charge >= 0.3 is 0 Å². The molecular formula is C18H15IN2O2S. The van der Waals surface area contributed by atoms with Crippen molar-refractivity contribution in [2.75, 3.05) is 12.9 Å². The number of nitrogens with zero attached hydrogens (tertiary/aromatic N) is 2. The van der Waals surface area contributed by atoms with Crippen LogP contribution in [0.25, 0.3) is 16.6 Å². The lowest BCUT2D eigenvalue weighted by molar-refractivity contribution is 0.411. The molecule has 2 aromatic carbocycles. The Morgan fingerprint density at radius 1 is 1.33 bits per heavy atom.